The van der Waals surface area contributed by atoms with Crippen molar-refractivity contribution in [2.75, 3.05) is 31.1 Å². The Morgan fingerprint density at radius 3 is 2.29 bits per heavy atom. The third-order valence-corrected chi connectivity index (χ3v) is 9.74. The topological polar surface area (TPSA) is 65.5 Å². The van der Waals surface area contributed by atoms with E-state index in [1.807, 2.05) is 35.5 Å². The standard InChI is InChI=1S/C34H39FN4O2/c1-23-4-7-27(29(35)20-23)31(40)37-30-28-21-24(5-6-25(28)22-33(30,2)3)32(41)39-18-12-34(13-19-39)10-16-38(17-11-34)26-8-14-36-15-9-26/h4-9,14-15,20-21,30H,10-13,16-19,22H2,1-3H3,(H,37,40). The number of nitrogens with one attached hydrogen (secondary N) is 1. The van der Waals surface area contributed by atoms with Crippen LogP contribution in [0.4, 0.5) is 10.1 Å². The number of aromatic nitrogens is 1. The second kappa shape index (κ2) is 10.6. The molecule has 3 aromatic rings. The van der Waals surface area contributed by atoms with Crippen molar-refractivity contribution in [2.24, 2.45) is 10.8 Å². The number of aryl methyl sites for hydroxylation is 1. The molecule has 6 nitrogen and oxygen atoms in total. The highest BCUT2D eigenvalue weighted by atomic mass is 19.1. The van der Waals surface area contributed by atoms with Gasteiger partial charge in [0.1, 0.15) is 5.82 Å². The van der Waals surface area contributed by atoms with E-state index in [-0.39, 0.29) is 22.9 Å². The van der Waals surface area contributed by atoms with Gasteiger partial charge in [-0.05, 0) is 103 Å². The number of hydrogen-bond donors (Lipinski definition) is 1. The van der Waals surface area contributed by atoms with Crippen molar-refractivity contribution in [3.05, 3.63) is 94.6 Å². The summed E-state index contributed by atoms with van der Waals surface area (Å²) in [6, 6.07) is 14.4. The van der Waals surface area contributed by atoms with Crippen molar-refractivity contribution in [1.29, 1.82) is 0 Å². The number of amides is 2. The highest BCUT2D eigenvalue weighted by molar-refractivity contribution is 5.96. The highest BCUT2D eigenvalue weighted by Crippen LogP contribution is 2.46. The lowest BCUT2D eigenvalue weighted by Gasteiger charge is -2.47. The Labute approximate surface area is 242 Å². The summed E-state index contributed by atoms with van der Waals surface area (Å²) < 4.78 is 14.6. The Bertz CT molecular complexity index is 1450. The number of benzene rings is 2. The van der Waals surface area contributed by atoms with Gasteiger partial charge in [0.15, 0.2) is 0 Å². The number of nitrogens with zero attached hydrogens (tertiary/aromatic N) is 3. The molecule has 1 atom stereocenters. The summed E-state index contributed by atoms with van der Waals surface area (Å²) in [5.74, 6) is -0.897. The minimum Gasteiger partial charge on any atom is -0.371 e. The van der Waals surface area contributed by atoms with Gasteiger partial charge in [-0.3, -0.25) is 14.6 Å². The first-order chi connectivity index (χ1) is 19.6. The van der Waals surface area contributed by atoms with Gasteiger partial charge in [-0.15, -0.1) is 0 Å². The Balaban J connectivity index is 1.12. The van der Waals surface area contributed by atoms with Crippen LogP contribution in [0.3, 0.4) is 0 Å². The third-order valence-electron chi connectivity index (χ3n) is 9.74. The van der Waals surface area contributed by atoms with Gasteiger partial charge in [-0.2, -0.15) is 0 Å². The van der Waals surface area contributed by atoms with E-state index in [4.69, 9.17) is 0 Å². The van der Waals surface area contributed by atoms with Gasteiger partial charge >= 0.3 is 0 Å². The van der Waals surface area contributed by atoms with Crippen LogP contribution in [0.25, 0.3) is 0 Å². The van der Waals surface area contributed by atoms with Crippen molar-refractivity contribution < 1.29 is 14.0 Å². The fourth-order valence-electron chi connectivity index (χ4n) is 7.12. The molecule has 2 saturated heterocycles. The zero-order valence-corrected chi connectivity index (χ0v) is 24.3. The van der Waals surface area contributed by atoms with Crippen LogP contribution in [0.1, 0.15) is 83.0 Å². The van der Waals surface area contributed by atoms with Crippen LogP contribution in [-0.4, -0.2) is 47.9 Å². The Morgan fingerprint density at radius 2 is 1.61 bits per heavy atom. The van der Waals surface area contributed by atoms with E-state index < -0.39 is 11.7 Å². The van der Waals surface area contributed by atoms with Crippen LogP contribution in [0.2, 0.25) is 0 Å². The number of halogens is 1. The zero-order chi connectivity index (χ0) is 28.8. The summed E-state index contributed by atoms with van der Waals surface area (Å²) in [6.45, 7) is 9.63. The van der Waals surface area contributed by atoms with E-state index in [0.29, 0.717) is 11.0 Å². The van der Waals surface area contributed by atoms with Crippen molar-refractivity contribution >= 4 is 17.5 Å². The number of piperidine rings is 2. The smallest absolute Gasteiger partial charge is 0.254 e. The van der Waals surface area contributed by atoms with Crippen LogP contribution in [0, 0.1) is 23.6 Å². The number of carbonyl (C=O) groups is 2. The molecule has 3 aliphatic rings. The first kappa shape index (κ1) is 27.4. The molecule has 1 N–H and O–H groups in total. The lowest BCUT2D eigenvalue weighted by atomic mass is 9.71. The van der Waals surface area contributed by atoms with Crippen molar-refractivity contribution in [3.63, 3.8) is 0 Å². The van der Waals surface area contributed by atoms with Gasteiger partial charge in [0.05, 0.1) is 11.6 Å². The quantitative estimate of drug-likeness (QED) is 0.423. The molecule has 7 heteroatoms. The van der Waals surface area contributed by atoms with Gasteiger partial charge in [-0.1, -0.05) is 26.0 Å². The molecule has 2 aliphatic heterocycles. The fraction of sp³-hybridized carbons (Fsp3) is 0.441. The monoisotopic (exact) mass is 554 g/mol. The summed E-state index contributed by atoms with van der Waals surface area (Å²) in [4.78, 5) is 35.4. The summed E-state index contributed by atoms with van der Waals surface area (Å²) in [5, 5.41) is 3.09. The Hall–Kier alpha value is -3.74. The SMILES string of the molecule is Cc1ccc(C(=O)NC2c3cc(C(=O)N4CCC5(CC4)CCN(c4ccncc4)CC5)ccc3CC2(C)C)c(F)c1. The second-order valence-corrected chi connectivity index (χ2v) is 13.0. The maximum absolute atomic E-state index is 14.6. The molecule has 2 fully saturated rings. The van der Waals surface area contributed by atoms with Crippen LogP contribution in [-0.2, 0) is 6.42 Å². The zero-order valence-electron chi connectivity index (χ0n) is 24.3. The summed E-state index contributed by atoms with van der Waals surface area (Å²) in [5.41, 5.74) is 4.84. The lowest BCUT2D eigenvalue weighted by molar-refractivity contribution is 0.0515. The third kappa shape index (κ3) is 5.34. The van der Waals surface area contributed by atoms with Gasteiger partial charge in [0.2, 0.25) is 0 Å². The van der Waals surface area contributed by atoms with E-state index >= 15 is 0 Å². The highest BCUT2D eigenvalue weighted by Gasteiger charge is 2.42. The molecule has 1 spiro atoms. The molecule has 0 radical (unpaired) electrons. The van der Waals surface area contributed by atoms with Crippen LogP contribution in [0.15, 0.2) is 60.9 Å². The number of rotatable bonds is 4. The molecule has 0 saturated carbocycles. The predicted molar refractivity (Wildman–Crippen MR) is 159 cm³/mol. The molecule has 1 aromatic heterocycles. The minimum absolute atomic E-state index is 0.0425. The van der Waals surface area contributed by atoms with E-state index in [1.165, 1.54) is 17.8 Å². The van der Waals surface area contributed by atoms with E-state index in [2.05, 4.69) is 41.2 Å². The summed E-state index contributed by atoms with van der Waals surface area (Å²) in [6.07, 6.45) is 8.83. The van der Waals surface area contributed by atoms with E-state index in [0.717, 1.165) is 75.0 Å². The average molecular weight is 555 g/mol. The molecule has 1 unspecified atom stereocenters. The van der Waals surface area contributed by atoms with Crippen molar-refractivity contribution in [2.45, 2.75) is 58.9 Å². The Kier molecular flexibility index (Phi) is 7.08. The number of fused-ring (bicyclic) bond motifs is 1. The minimum atomic E-state index is -0.520. The van der Waals surface area contributed by atoms with Crippen LogP contribution >= 0.6 is 0 Å². The van der Waals surface area contributed by atoms with Gasteiger partial charge in [0, 0.05) is 49.8 Å². The predicted octanol–water partition coefficient (Wildman–Crippen LogP) is 6.11. The number of carbonyl (C=O) groups excluding carboxylic acids is 2. The second-order valence-electron chi connectivity index (χ2n) is 13.0. The molecule has 1 aliphatic carbocycles. The molecule has 2 amide bonds. The fourth-order valence-corrected chi connectivity index (χ4v) is 7.12. The number of pyridine rings is 1. The normalized spacial score (nSPS) is 21.0. The van der Waals surface area contributed by atoms with Crippen molar-refractivity contribution in [1.82, 2.24) is 15.2 Å². The van der Waals surface area contributed by atoms with Gasteiger partial charge in [0.25, 0.3) is 11.8 Å². The van der Waals surface area contributed by atoms with Crippen molar-refractivity contribution in [3.8, 4) is 0 Å². The molecular formula is C34H39FN4O2. The molecule has 2 aromatic carbocycles. The Morgan fingerprint density at radius 1 is 0.927 bits per heavy atom. The molecule has 3 heterocycles. The van der Waals surface area contributed by atoms with Gasteiger partial charge in [-0.25, -0.2) is 4.39 Å². The molecule has 41 heavy (non-hydrogen) atoms. The van der Waals surface area contributed by atoms with Crippen LogP contribution in [0.5, 0.6) is 0 Å². The molecule has 6 rings (SSSR count). The first-order valence-corrected chi connectivity index (χ1v) is 14.8. The molecule has 0 bridgehead atoms. The number of hydrogen-bond acceptors (Lipinski definition) is 4. The number of anilines is 1. The first-order valence-electron chi connectivity index (χ1n) is 14.8. The average Bonchev–Trinajstić information content (AvgIpc) is 3.22. The largest absolute Gasteiger partial charge is 0.371 e. The summed E-state index contributed by atoms with van der Waals surface area (Å²) in [7, 11) is 0. The van der Waals surface area contributed by atoms with E-state index in [1.54, 1.807) is 13.0 Å². The maximum atomic E-state index is 14.6. The summed E-state index contributed by atoms with van der Waals surface area (Å²) >= 11 is 0. The van der Waals surface area contributed by atoms with E-state index in [9.17, 15) is 14.0 Å². The molecular weight excluding hydrogens is 515 g/mol. The molecule has 214 valence electrons. The van der Waals surface area contributed by atoms with Gasteiger partial charge < -0.3 is 15.1 Å². The maximum Gasteiger partial charge on any atom is 0.254 e. The lowest BCUT2D eigenvalue weighted by Crippen LogP contribution is -2.48. The van der Waals surface area contributed by atoms with Crippen LogP contribution < -0.4 is 10.2 Å². The number of likely N-dealkylation sites (tertiary alicyclic amines) is 1.